The molecule has 19 heavy (non-hydrogen) atoms. The van der Waals surface area contributed by atoms with Gasteiger partial charge in [0.05, 0.1) is 0 Å². The first-order valence-corrected chi connectivity index (χ1v) is 6.14. The fourth-order valence-electron chi connectivity index (χ4n) is 2.36. The van der Waals surface area contributed by atoms with E-state index < -0.39 is 12.0 Å². The standard InChI is InChI=1S/C15H18N2O2/c1-4-10-5-6-14-12(7-10)11(9(2)17(14)3)8-13(16)15(18)19/h4-7,13H,1,8,16H2,2-3H3,(H,18,19). The van der Waals surface area contributed by atoms with Crippen molar-refractivity contribution in [1.29, 1.82) is 0 Å². The van der Waals surface area contributed by atoms with Gasteiger partial charge in [0.25, 0.3) is 0 Å². The maximum atomic E-state index is 10.9. The fraction of sp³-hybridized carbons (Fsp3) is 0.267. The van der Waals surface area contributed by atoms with Gasteiger partial charge in [0.15, 0.2) is 0 Å². The number of carboxylic acids is 1. The molecule has 100 valence electrons. The zero-order chi connectivity index (χ0) is 14.2. The highest BCUT2D eigenvalue weighted by Gasteiger charge is 2.18. The quantitative estimate of drug-likeness (QED) is 0.882. The average molecular weight is 258 g/mol. The number of nitrogens with two attached hydrogens (primary N) is 1. The Bertz CT molecular complexity index is 656. The van der Waals surface area contributed by atoms with Crippen molar-refractivity contribution in [3.8, 4) is 0 Å². The van der Waals surface area contributed by atoms with Gasteiger partial charge in [0.2, 0.25) is 0 Å². The van der Waals surface area contributed by atoms with Crippen LogP contribution in [0.15, 0.2) is 24.8 Å². The number of fused-ring (bicyclic) bond motifs is 1. The predicted octanol–water partition coefficient (Wildman–Crippen LogP) is 2.08. The number of rotatable bonds is 4. The van der Waals surface area contributed by atoms with Crippen LogP contribution in [0.5, 0.6) is 0 Å². The van der Waals surface area contributed by atoms with Gasteiger partial charge in [0, 0.05) is 30.1 Å². The second-order valence-electron chi connectivity index (χ2n) is 4.75. The summed E-state index contributed by atoms with van der Waals surface area (Å²) in [5, 5.41) is 10.0. The highest BCUT2D eigenvalue weighted by Crippen LogP contribution is 2.27. The van der Waals surface area contributed by atoms with Gasteiger partial charge in [-0.25, -0.2) is 0 Å². The Balaban J connectivity index is 2.61. The molecule has 3 N–H and O–H groups in total. The molecule has 0 aliphatic heterocycles. The van der Waals surface area contributed by atoms with E-state index in [1.807, 2.05) is 32.2 Å². The minimum atomic E-state index is -0.976. The third-order valence-electron chi connectivity index (χ3n) is 3.62. The van der Waals surface area contributed by atoms with E-state index in [1.54, 1.807) is 6.08 Å². The maximum Gasteiger partial charge on any atom is 0.320 e. The molecule has 0 saturated heterocycles. The van der Waals surface area contributed by atoms with Crippen LogP contribution >= 0.6 is 0 Å². The molecular weight excluding hydrogens is 240 g/mol. The van der Waals surface area contributed by atoms with Crippen molar-refractivity contribution in [2.45, 2.75) is 19.4 Å². The minimum absolute atomic E-state index is 0.332. The van der Waals surface area contributed by atoms with Gasteiger partial charge >= 0.3 is 5.97 Å². The van der Waals surface area contributed by atoms with Crippen molar-refractivity contribution in [1.82, 2.24) is 4.57 Å². The van der Waals surface area contributed by atoms with Crippen LogP contribution in [0, 0.1) is 6.92 Å². The maximum absolute atomic E-state index is 10.9. The summed E-state index contributed by atoms with van der Waals surface area (Å²) in [7, 11) is 1.97. The summed E-state index contributed by atoms with van der Waals surface area (Å²) >= 11 is 0. The lowest BCUT2D eigenvalue weighted by Gasteiger charge is -2.07. The van der Waals surface area contributed by atoms with Crippen molar-refractivity contribution in [3.63, 3.8) is 0 Å². The molecule has 0 amide bonds. The van der Waals surface area contributed by atoms with Crippen molar-refractivity contribution in [3.05, 3.63) is 41.6 Å². The lowest BCUT2D eigenvalue weighted by Crippen LogP contribution is -2.32. The molecule has 4 nitrogen and oxygen atoms in total. The number of carboxylic acid groups (broad SMARTS) is 1. The zero-order valence-corrected chi connectivity index (χ0v) is 11.2. The third kappa shape index (κ3) is 2.27. The average Bonchev–Trinajstić information content (AvgIpc) is 2.63. The number of hydrogen-bond acceptors (Lipinski definition) is 2. The molecule has 4 heteroatoms. The number of benzene rings is 1. The van der Waals surface area contributed by atoms with Gasteiger partial charge in [-0.2, -0.15) is 0 Å². The number of carbonyl (C=O) groups is 1. The molecule has 2 rings (SSSR count). The van der Waals surface area contributed by atoms with E-state index in [9.17, 15) is 4.79 Å². The van der Waals surface area contributed by atoms with Crippen LogP contribution < -0.4 is 5.73 Å². The van der Waals surface area contributed by atoms with Crippen LogP contribution in [0.25, 0.3) is 17.0 Å². The summed E-state index contributed by atoms with van der Waals surface area (Å²) in [6, 6.07) is 5.17. The Labute approximate surface area is 112 Å². The second-order valence-corrected chi connectivity index (χ2v) is 4.75. The summed E-state index contributed by atoms with van der Waals surface area (Å²) in [6.07, 6.45) is 2.11. The summed E-state index contributed by atoms with van der Waals surface area (Å²) < 4.78 is 2.06. The predicted molar refractivity (Wildman–Crippen MR) is 77.1 cm³/mol. The molecule has 0 bridgehead atoms. The number of hydrogen-bond donors (Lipinski definition) is 2. The Kier molecular flexibility index (Phi) is 3.44. The summed E-state index contributed by atoms with van der Waals surface area (Å²) in [5.41, 5.74) is 9.80. The summed E-state index contributed by atoms with van der Waals surface area (Å²) in [5.74, 6) is -0.976. The minimum Gasteiger partial charge on any atom is -0.480 e. The molecule has 2 aromatic rings. The SMILES string of the molecule is C=Cc1ccc2c(c1)c(CC(N)C(=O)O)c(C)n2C. The molecule has 1 aromatic heterocycles. The fourth-order valence-corrected chi connectivity index (χ4v) is 2.36. The van der Waals surface area contributed by atoms with Gasteiger partial charge in [-0.05, 0) is 30.2 Å². The van der Waals surface area contributed by atoms with E-state index in [0.29, 0.717) is 6.42 Å². The first kappa shape index (κ1) is 13.4. The number of nitrogens with zero attached hydrogens (tertiary/aromatic N) is 1. The first-order chi connectivity index (χ1) is 8.95. The molecule has 1 atom stereocenters. The van der Waals surface area contributed by atoms with Crippen LogP contribution in [0.4, 0.5) is 0 Å². The number of aliphatic carboxylic acids is 1. The zero-order valence-electron chi connectivity index (χ0n) is 11.2. The molecule has 0 spiro atoms. The Morgan fingerprint density at radius 2 is 2.26 bits per heavy atom. The Hall–Kier alpha value is -2.07. The van der Waals surface area contributed by atoms with Crippen molar-refractivity contribution in [2.24, 2.45) is 12.8 Å². The molecule has 0 fully saturated rings. The van der Waals surface area contributed by atoms with E-state index in [0.717, 1.165) is 27.7 Å². The molecule has 0 aliphatic rings. The van der Waals surface area contributed by atoms with Crippen molar-refractivity contribution >= 4 is 22.9 Å². The van der Waals surface area contributed by atoms with Crippen LogP contribution in [-0.2, 0) is 18.3 Å². The van der Waals surface area contributed by atoms with Gasteiger partial charge in [-0.15, -0.1) is 0 Å². The van der Waals surface area contributed by atoms with E-state index in [1.165, 1.54) is 0 Å². The van der Waals surface area contributed by atoms with Crippen LogP contribution in [0.3, 0.4) is 0 Å². The summed E-state index contributed by atoms with van der Waals surface area (Å²) in [4.78, 5) is 10.9. The largest absolute Gasteiger partial charge is 0.480 e. The van der Waals surface area contributed by atoms with Crippen LogP contribution in [-0.4, -0.2) is 21.7 Å². The van der Waals surface area contributed by atoms with Crippen LogP contribution in [0.1, 0.15) is 16.8 Å². The van der Waals surface area contributed by atoms with E-state index in [4.69, 9.17) is 10.8 Å². The van der Waals surface area contributed by atoms with E-state index in [2.05, 4.69) is 11.1 Å². The molecular formula is C15H18N2O2. The lowest BCUT2D eigenvalue weighted by atomic mass is 10.0. The molecule has 0 aliphatic carbocycles. The highest BCUT2D eigenvalue weighted by atomic mass is 16.4. The molecule has 1 unspecified atom stereocenters. The van der Waals surface area contributed by atoms with E-state index in [-0.39, 0.29) is 0 Å². The topological polar surface area (TPSA) is 68.2 Å². The van der Waals surface area contributed by atoms with Crippen LogP contribution in [0.2, 0.25) is 0 Å². The lowest BCUT2D eigenvalue weighted by molar-refractivity contribution is -0.138. The van der Waals surface area contributed by atoms with E-state index >= 15 is 0 Å². The van der Waals surface area contributed by atoms with Gasteiger partial charge in [-0.3, -0.25) is 4.79 Å². The Morgan fingerprint density at radius 1 is 1.58 bits per heavy atom. The van der Waals surface area contributed by atoms with Gasteiger partial charge < -0.3 is 15.4 Å². The third-order valence-corrected chi connectivity index (χ3v) is 3.62. The molecule has 0 saturated carbocycles. The monoisotopic (exact) mass is 258 g/mol. The molecule has 1 heterocycles. The molecule has 1 aromatic carbocycles. The normalized spacial score (nSPS) is 12.6. The number of aryl methyl sites for hydroxylation is 1. The summed E-state index contributed by atoms with van der Waals surface area (Å²) in [6.45, 7) is 5.74. The van der Waals surface area contributed by atoms with Gasteiger partial charge in [-0.1, -0.05) is 18.7 Å². The second kappa shape index (κ2) is 4.90. The van der Waals surface area contributed by atoms with Gasteiger partial charge in [0.1, 0.15) is 6.04 Å². The Morgan fingerprint density at radius 3 is 2.84 bits per heavy atom. The smallest absolute Gasteiger partial charge is 0.320 e. The first-order valence-electron chi connectivity index (χ1n) is 6.14. The molecule has 0 radical (unpaired) electrons. The van der Waals surface area contributed by atoms with Crippen molar-refractivity contribution in [2.75, 3.05) is 0 Å². The number of aromatic nitrogens is 1. The van der Waals surface area contributed by atoms with Crippen molar-refractivity contribution < 1.29 is 9.90 Å². The highest BCUT2D eigenvalue weighted by molar-refractivity contribution is 5.88.